The van der Waals surface area contributed by atoms with Crippen LogP contribution in [0, 0.1) is 6.92 Å². The predicted molar refractivity (Wildman–Crippen MR) is 75.1 cm³/mol. The van der Waals surface area contributed by atoms with E-state index in [2.05, 4.69) is 36.8 Å². The summed E-state index contributed by atoms with van der Waals surface area (Å²) in [5, 5.41) is 0. The van der Waals surface area contributed by atoms with Crippen molar-refractivity contribution in [3.05, 3.63) is 56.6 Å². The second-order valence-corrected chi connectivity index (χ2v) is 5.48. The molecule has 0 N–H and O–H groups in total. The maximum Gasteiger partial charge on any atom is 0.228 e. The lowest BCUT2D eigenvalue weighted by Gasteiger charge is -2.07. The third-order valence-electron chi connectivity index (χ3n) is 2.23. The second-order valence-electron chi connectivity index (χ2n) is 3.71. The topological polar surface area (TPSA) is 22.1 Å². The fourth-order valence-corrected chi connectivity index (χ4v) is 2.20. The lowest BCUT2D eigenvalue weighted by Crippen LogP contribution is -1.98. The van der Waals surface area contributed by atoms with Crippen LogP contribution in [0.2, 0.25) is 0 Å². The second kappa shape index (κ2) is 5.65. The minimum atomic E-state index is 0.516. The molecule has 0 unspecified atom stereocenters. The number of nitrogens with zero attached hydrogens (tertiary/aromatic N) is 1. The number of rotatable bonds is 3. The van der Waals surface area contributed by atoms with E-state index in [9.17, 15) is 0 Å². The summed E-state index contributed by atoms with van der Waals surface area (Å²) in [5.74, 6) is 0.624. The van der Waals surface area contributed by atoms with Crippen LogP contribution in [-0.2, 0) is 6.61 Å². The van der Waals surface area contributed by atoms with Crippen LogP contribution in [0.5, 0.6) is 5.88 Å². The average Bonchev–Trinajstić information content (AvgIpc) is 2.30. The number of halogens is 2. The zero-order valence-corrected chi connectivity index (χ0v) is 12.5. The molecule has 2 rings (SSSR count). The Balaban J connectivity index is 2.04. The number of benzene rings is 1. The SMILES string of the molecule is Cc1cnc(OCc2ccc(Br)cc2)c(Br)c1. The Morgan fingerprint density at radius 2 is 1.88 bits per heavy atom. The standard InChI is InChI=1S/C13H11Br2NO/c1-9-6-12(15)13(16-7-9)17-8-10-2-4-11(14)5-3-10/h2-7H,8H2,1H3. The van der Waals surface area contributed by atoms with E-state index in [4.69, 9.17) is 4.74 Å². The van der Waals surface area contributed by atoms with Gasteiger partial charge in [0.2, 0.25) is 5.88 Å². The highest BCUT2D eigenvalue weighted by atomic mass is 79.9. The van der Waals surface area contributed by atoms with Gasteiger partial charge in [-0.3, -0.25) is 0 Å². The molecule has 0 saturated heterocycles. The highest BCUT2D eigenvalue weighted by Gasteiger charge is 2.03. The molecule has 1 heterocycles. The van der Waals surface area contributed by atoms with E-state index in [1.54, 1.807) is 6.20 Å². The van der Waals surface area contributed by atoms with Gasteiger partial charge in [-0.2, -0.15) is 0 Å². The molecule has 0 atom stereocenters. The molecule has 88 valence electrons. The van der Waals surface area contributed by atoms with Crippen molar-refractivity contribution >= 4 is 31.9 Å². The Morgan fingerprint density at radius 3 is 2.53 bits per heavy atom. The molecular weight excluding hydrogens is 346 g/mol. The van der Waals surface area contributed by atoms with Gasteiger partial charge in [0.25, 0.3) is 0 Å². The van der Waals surface area contributed by atoms with Crippen LogP contribution in [0.3, 0.4) is 0 Å². The lowest BCUT2D eigenvalue weighted by atomic mass is 10.2. The average molecular weight is 357 g/mol. The molecule has 4 heteroatoms. The summed E-state index contributed by atoms with van der Waals surface area (Å²) in [6.07, 6.45) is 1.79. The van der Waals surface area contributed by atoms with Gasteiger partial charge >= 0.3 is 0 Å². The molecule has 0 amide bonds. The van der Waals surface area contributed by atoms with E-state index in [-0.39, 0.29) is 0 Å². The van der Waals surface area contributed by atoms with Crippen molar-refractivity contribution in [1.29, 1.82) is 0 Å². The van der Waals surface area contributed by atoms with Crippen LogP contribution in [0.25, 0.3) is 0 Å². The Morgan fingerprint density at radius 1 is 1.18 bits per heavy atom. The summed E-state index contributed by atoms with van der Waals surface area (Å²) in [6, 6.07) is 10.0. The molecule has 0 aliphatic heterocycles. The van der Waals surface area contributed by atoms with Gasteiger partial charge in [0.15, 0.2) is 0 Å². The molecule has 17 heavy (non-hydrogen) atoms. The summed E-state index contributed by atoms with van der Waals surface area (Å²) in [5.41, 5.74) is 2.22. The first-order valence-corrected chi connectivity index (χ1v) is 6.73. The first-order valence-electron chi connectivity index (χ1n) is 5.14. The van der Waals surface area contributed by atoms with Gasteiger partial charge in [-0.1, -0.05) is 28.1 Å². The fraction of sp³-hybridized carbons (Fsp3) is 0.154. The molecule has 0 aliphatic carbocycles. The quantitative estimate of drug-likeness (QED) is 0.808. The molecule has 0 spiro atoms. The monoisotopic (exact) mass is 355 g/mol. The van der Waals surface area contributed by atoms with Crippen LogP contribution in [-0.4, -0.2) is 4.98 Å². The van der Waals surface area contributed by atoms with Crippen molar-refractivity contribution in [2.75, 3.05) is 0 Å². The molecule has 0 radical (unpaired) electrons. The molecular formula is C13H11Br2NO. The summed E-state index contributed by atoms with van der Waals surface area (Å²) < 4.78 is 7.59. The van der Waals surface area contributed by atoms with Crippen LogP contribution in [0.15, 0.2) is 45.5 Å². The van der Waals surface area contributed by atoms with Crippen LogP contribution in [0.1, 0.15) is 11.1 Å². The van der Waals surface area contributed by atoms with Crippen LogP contribution in [0.4, 0.5) is 0 Å². The number of ether oxygens (including phenoxy) is 1. The van der Waals surface area contributed by atoms with Gasteiger partial charge in [0.1, 0.15) is 6.61 Å². The number of pyridine rings is 1. The molecule has 0 fully saturated rings. The number of hydrogen-bond acceptors (Lipinski definition) is 2. The summed E-state index contributed by atoms with van der Waals surface area (Å²) in [7, 11) is 0. The number of hydrogen-bond donors (Lipinski definition) is 0. The summed E-state index contributed by atoms with van der Waals surface area (Å²) in [4.78, 5) is 4.23. The molecule has 2 nitrogen and oxygen atoms in total. The van der Waals surface area contributed by atoms with Crippen LogP contribution >= 0.6 is 31.9 Å². The lowest BCUT2D eigenvalue weighted by molar-refractivity contribution is 0.291. The highest BCUT2D eigenvalue weighted by Crippen LogP contribution is 2.23. The summed E-state index contributed by atoms with van der Waals surface area (Å²) in [6.45, 7) is 2.51. The van der Waals surface area contributed by atoms with E-state index in [0.29, 0.717) is 12.5 Å². The Bertz CT molecular complexity index is 511. The van der Waals surface area contributed by atoms with Crippen molar-refractivity contribution in [1.82, 2.24) is 4.98 Å². The van der Waals surface area contributed by atoms with E-state index >= 15 is 0 Å². The number of aromatic nitrogens is 1. The third-order valence-corrected chi connectivity index (χ3v) is 3.33. The van der Waals surface area contributed by atoms with Crippen molar-refractivity contribution in [3.8, 4) is 5.88 Å². The van der Waals surface area contributed by atoms with E-state index in [1.165, 1.54) is 0 Å². The van der Waals surface area contributed by atoms with Crippen molar-refractivity contribution < 1.29 is 4.74 Å². The van der Waals surface area contributed by atoms with Crippen molar-refractivity contribution in [3.63, 3.8) is 0 Å². The van der Waals surface area contributed by atoms with Crippen molar-refractivity contribution in [2.24, 2.45) is 0 Å². The zero-order valence-electron chi connectivity index (χ0n) is 9.28. The minimum absolute atomic E-state index is 0.516. The maximum atomic E-state index is 5.64. The van der Waals surface area contributed by atoms with E-state index in [0.717, 1.165) is 20.1 Å². The number of aryl methyl sites for hydroxylation is 1. The van der Waals surface area contributed by atoms with Gasteiger partial charge in [-0.05, 0) is 52.2 Å². The Hall–Kier alpha value is -0.870. The highest BCUT2D eigenvalue weighted by molar-refractivity contribution is 9.10. The normalized spacial score (nSPS) is 10.3. The minimum Gasteiger partial charge on any atom is -0.472 e. The largest absolute Gasteiger partial charge is 0.472 e. The van der Waals surface area contributed by atoms with E-state index in [1.807, 2.05) is 37.3 Å². The van der Waals surface area contributed by atoms with Crippen molar-refractivity contribution in [2.45, 2.75) is 13.5 Å². The maximum absolute atomic E-state index is 5.64. The van der Waals surface area contributed by atoms with Gasteiger partial charge in [0.05, 0.1) is 4.47 Å². The molecule has 0 bridgehead atoms. The van der Waals surface area contributed by atoms with Gasteiger partial charge in [0, 0.05) is 10.7 Å². The molecule has 0 aliphatic rings. The first kappa shape index (κ1) is 12.6. The molecule has 1 aromatic carbocycles. The van der Waals surface area contributed by atoms with Gasteiger partial charge < -0.3 is 4.74 Å². The van der Waals surface area contributed by atoms with Crippen LogP contribution < -0.4 is 4.74 Å². The fourth-order valence-electron chi connectivity index (χ4n) is 1.36. The third kappa shape index (κ3) is 3.54. The van der Waals surface area contributed by atoms with Gasteiger partial charge in [-0.25, -0.2) is 4.98 Å². The molecule has 0 saturated carbocycles. The molecule has 2 aromatic rings. The smallest absolute Gasteiger partial charge is 0.228 e. The van der Waals surface area contributed by atoms with Gasteiger partial charge in [-0.15, -0.1) is 0 Å². The van der Waals surface area contributed by atoms with E-state index < -0.39 is 0 Å². The Labute approximate surface area is 117 Å². The Kier molecular flexibility index (Phi) is 4.18. The first-order chi connectivity index (χ1) is 8.15. The zero-order chi connectivity index (χ0) is 12.3. The molecule has 1 aromatic heterocycles. The summed E-state index contributed by atoms with van der Waals surface area (Å²) >= 11 is 6.84. The predicted octanol–water partition coefficient (Wildman–Crippen LogP) is 4.49.